The Morgan fingerprint density at radius 1 is 1.02 bits per heavy atom. The maximum Gasteiger partial charge on any atom is 0.414 e. The van der Waals surface area contributed by atoms with E-state index in [4.69, 9.17) is 28.4 Å². The molecule has 4 rings (SSSR count). The monoisotopic (exact) mass is 598 g/mol. The van der Waals surface area contributed by atoms with E-state index in [0.717, 1.165) is 11.1 Å². The molecule has 2 aliphatic rings. The lowest BCUT2D eigenvalue weighted by Crippen LogP contribution is -2.59. The number of hydrogen-bond donors (Lipinski definition) is 1. The smallest absolute Gasteiger partial charge is 0.414 e. The number of benzene rings is 2. The molecule has 0 bridgehead atoms. The minimum absolute atomic E-state index is 0.0405. The van der Waals surface area contributed by atoms with Crippen LogP contribution in [0.4, 0.5) is 4.79 Å². The number of aliphatic imine (C=N–C) groups is 1. The first-order valence-corrected chi connectivity index (χ1v) is 17.8. The van der Waals surface area contributed by atoms with Gasteiger partial charge in [0.25, 0.3) is 5.23 Å². The quantitative estimate of drug-likeness (QED) is 0.240. The molecule has 1 N–H and O–H groups in total. The largest absolute Gasteiger partial charge is 0.414 e. The van der Waals surface area contributed by atoms with Gasteiger partial charge in [0.1, 0.15) is 29.8 Å². The first-order valence-electron chi connectivity index (χ1n) is 14.0. The number of carbonyl (C=O) groups excluding carboxylic acids is 1. The van der Waals surface area contributed by atoms with Gasteiger partial charge in [-0.1, -0.05) is 87.5 Å². The zero-order valence-electron chi connectivity index (χ0n) is 24.6. The van der Waals surface area contributed by atoms with Gasteiger partial charge in [-0.3, -0.25) is 0 Å². The Morgan fingerprint density at radius 2 is 1.61 bits per heavy atom. The third-order valence-electron chi connectivity index (χ3n) is 7.64. The highest BCUT2D eigenvalue weighted by Crippen LogP contribution is 2.41. The van der Waals surface area contributed by atoms with E-state index in [1.165, 1.54) is 11.8 Å². The Bertz CT molecular complexity index is 1170. The molecule has 41 heavy (non-hydrogen) atoms. The number of hydrogen-bond acceptors (Lipinski definition) is 8. The summed E-state index contributed by atoms with van der Waals surface area (Å²) in [6.07, 6.45) is -0.348. The minimum Gasteiger partial charge on any atom is -0.414 e. The van der Waals surface area contributed by atoms with E-state index in [1.807, 2.05) is 60.7 Å². The van der Waals surface area contributed by atoms with Crippen LogP contribution in [-0.2, 0) is 36.6 Å². The molecule has 2 aromatic carbocycles. The molecule has 0 radical (unpaired) electrons. The fourth-order valence-corrected chi connectivity index (χ4v) is 6.34. The van der Waals surface area contributed by atoms with Crippen molar-refractivity contribution in [2.75, 3.05) is 13.2 Å². The molecule has 2 aliphatic heterocycles. The van der Waals surface area contributed by atoms with Gasteiger partial charge in [0.2, 0.25) is 0 Å². The predicted octanol–water partition coefficient (Wildman–Crippen LogP) is 6.29. The van der Waals surface area contributed by atoms with Crippen molar-refractivity contribution < 1.29 is 28.2 Å². The number of carbonyl (C=O) groups is 1. The Kier molecular flexibility index (Phi) is 10.8. The van der Waals surface area contributed by atoms with Crippen molar-refractivity contribution in [1.29, 1.82) is 0 Å². The average molecular weight is 599 g/mol. The molecule has 0 aliphatic carbocycles. The van der Waals surface area contributed by atoms with Gasteiger partial charge < -0.3 is 28.7 Å². The SMILES string of the molecule is C=CCNC(=O)OC1=N[C@@H]2[C@@H](OCc3ccccc3)[C@H](OCc3ccccc3)[C@@H](CO[Si](C)(C)C(C)(C)C)O[C@@H]2S1. The van der Waals surface area contributed by atoms with Gasteiger partial charge in [-0.15, -0.1) is 6.58 Å². The molecular weight excluding hydrogens is 557 g/mol. The van der Waals surface area contributed by atoms with Crippen LogP contribution in [0.15, 0.2) is 78.3 Å². The molecule has 2 heterocycles. The third kappa shape index (κ3) is 8.53. The second-order valence-electron chi connectivity index (χ2n) is 11.7. The highest BCUT2D eigenvalue weighted by atomic mass is 32.2. The van der Waals surface area contributed by atoms with E-state index >= 15 is 0 Å². The van der Waals surface area contributed by atoms with Crippen LogP contribution in [0.5, 0.6) is 0 Å². The van der Waals surface area contributed by atoms with Crippen molar-refractivity contribution in [2.45, 2.75) is 81.9 Å². The summed E-state index contributed by atoms with van der Waals surface area (Å²) in [6, 6.07) is 19.6. The van der Waals surface area contributed by atoms with E-state index in [1.54, 1.807) is 6.08 Å². The van der Waals surface area contributed by atoms with Crippen LogP contribution >= 0.6 is 11.8 Å². The third-order valence-corrected chi connectivity index (χ3v) is 13.2. The van der Waals surface area contributed by atoms with Crippen molar-refractivity contribution in [3.63, 3.8) is 0 Å². The standard InChI is InChI=1S/C31H42N2O6SSi/c1-7-18-32-29(34)39-30-33-25-27(36-20-23-16-12-9-13-17-23)26(35-19-22-14-10-8-11-15-22)24(38-28(25)40-30)21-37-41(5,6)31(2,3)4/h7-17,24-28H,1,18-21H2,2-6H3,(H,32,34)/t24-,25-,26-,27-,28-/m1/s1. The Balaban J connectivity index is 1.60. The van der Waals surface area contributed by atoms with Gasteiger partial charge in [-0.05, 0) is 41.0 Å². The molecule has 2 aromatic rings. The number of nitrogens with zero attached hydrogens (tertiary/aromatic N) is 1. The van der Waals surface area contributed by atoms with Crippen molar-refractivity contribution >= 4 is 31.4 Å². The molecule has 1 amide bonds. The van der Waals surface area contributed by atoms with Crippen LogP contribution in [0.25, 0.3) is 0 Å². The van der Waals surface area contributed by atoms with Gasteiger partial charge in [0.15, 0.2) is 8.32 Å². The van der Waals surface area contributed by atoms with Crippen LogP contribution in [-0.4, -0.2) is 62.6 Å². The lowest BCUT2D eigenvalue weighted by Gasteiger charge is -2.44. The molecule has 1 fully saturated rings. The second kappa shape index (κ2) is 14.1. The predicted molar refractivity (Wildman–Crippen MR) is 165 cm³/mol. The van der Waals surface area contributed by atoms with Gasteiger partial charge in [-0.2, -0.15) is 0 Å². The summed E-state index contributed by atoms with van der Waals surface area (Å²) in [5.74, 6) is 0. The molecule has 5 atom stereocenters. The van der Waals surface area contributed by atoms with Crippen molar-refractivity contribution in [2.24, 2.45) is 4.99 Å². The number of ether oxygens (including phenoxy) is 4. The fraction of sp³-hybridized carbons (Fsp3) is 0.484. The van der Waals surface area contributed by atoms with Gasteiger partial charge in [0.05, 0.1) is 19.8 Å². The summed E-state index contributed by atoms with van der Waals surface area (Å²) >= 11 is 1.28. The van der Waals surface area contributed by atoms with Crippen LogP contribution in [0, 0.1) is 0 Å². The summed E-state index contributed by atoms with van der Waals surface area (Å²) in [6.45, 7) is 16.1. The van der Waals surface area contributed by atoms with Gasteiger partial charge in [-0.25, -0.2) is 9.79 Å². The van der Waals surface area contributed by atoms with E-state index < -0.39 is 44.2 Å². The average Bonchev–Trinajstić information content (AvgIpc) is 3.35. The second-order valence-corrected chi connectivity index (χ2v) is 17.6. The van der Waals surface area contributed by atoms with E-state index in [2.05, 4.69) is 45.8 Å². The molecule has 0 unspecified atom stereocenters. The summed E-state index contributed by atoms with van der Waals surface area (Å²) < 4.78 is 31.9. The molecule has 8 nitrogen and oxygen atoms in total. The molecule has 0 saturated carbocycles. The van der Waals surface area contributed by atoms with Crippen molar-refractivity contribution in [1.82, 2.24) is 5.32 Å². The number of alkyl carbamates (subject to hydrolysis) is 1. The number of amides is 1. The topological polar surface area (TPSA) is 87.6 Å². The normalized spacial score (nSPS) is 24.3. The lowest BCUT2D eigenvalue weighted by atomic mass is 9.97. The Labute approximate surface area is 249 Å². The molecule has 0 spiro atoms. The summed E-state index contributed by atoms with van der Waals surface area (Å²) in [5.41, 5.74) is 1.68. The van der Waals surface area contributed by atoms with Gasteiger partial charge >= 0.3 is 6.09 Å². The molecule has 0 aromatic heterocycles. The first kappa shape index (κ1) is 31.5. The van der Waals surface area contributed by atoms with Crippen LogP contribution in [0.2, 0.25) is 18.1 Å². The zero-order valence-corrected chi connectivity index (χ0v) is 26.4. The Morgan fingerprint density at radius 3 is 2.17 bits per heavy atom. The Hall–Kier alpha value is -2.47. The maximum absolute atomic E-state index is 12.3. The molecular formula is C31H42N2O6SSi. The summed E-state index contributed by atoms with van der Waals surface area (Å²) in [7, 11) is -2.08. The van der Waals surface area contributed by atoms with E-state index in [9.17, 15) is 4.79 Å². The highest BCUT2D eigenvalue weighted by Gasteiger charge is 2.52. The first-order chi connectivity index (χ1) is 19.6. The van der Waals surface area contributed by atoms with Crippen LogP contribution in [0.1, 0.15) is 31.9 Å². The summed E-state index contributed by atoms with van der Waals surface area (Å²) in [4.78, 5) is 17.0. The van der Waals surface area contributed by atoms with E-state index in [0.29, 0.717) is 26.4 Å². The molecule has 222 valence electrons. The van der Waals surface area contributed by atoms with Gasteiger partial charge in [0, 0.05) is 6.54 Å². The minimum atomic E-state index is -2.08. The maximum atomic E-state index is 12.3. The zero-order chi connectivity index (χ0) is 29.5. The number of rotatable bonds is 11. The molecule has 10 heteroatoms. The number of nitrogens with one attached hydrogen (secondary N) is 1. The fourth-order valence-electron chi connectivity index (χ4n) is 4.27. The van der Waals surface area contributed by atoms with Crippen molar-refractivity contribution in [3.05, 3.63) is 84.4 Å². The van der Waals surface area contributed by atoms with Crippen molar-refractivity contribution in [3.8, 4) is 0 Å². The molecule has 1 saturated heterocycles. The highest BCUT2D eigenvalue weighted by molar-refractivity contribution is 8.14. The van der Waals surface area contributed by atoms with Crippen LogP contribution < -0.4 is 5.32 Å². The summed E-state index contributed by atoms with van der Waals surface area (Å²) in [5, 5.41) is 2.90. The van der Waals surface area contributed by atoms with E-state index in [-0.39, 0.29) is 10.3 Å². The van der Waals surface area contributed by atoms with Crippen LogP contribution in [0.3, 0.4) is 0 Å². The number of fused-ring (bicyclic) bond motifs is 1. The number of thioether (sulfide) groups is 1. The lowest BCUT2D eigenvalue weighted by molar-refractivity contribution is -0.204.